The summed E-state index contributed by atoms with van der Waals surface area (Å²) in [6.07, 6.45) is -2.25. The van der Waals surface area contributed by atoms with Gasteiger partial charge in [0.1, 0.15) is 11.1 Å². The molecule has 0 unspecified atom stereocenters. The molecule has 0 radical (unpaired) electrons. The van der Waals surface area contributed by atoms with E-state index in [2.05, 4.69) is 9.72 Å². The summed E-state index contributed by atoms with van der Waals surface area (Å²) in [5.41, 5.74) is -1.10. The van der Waals surface area contributed by atoms with E-state index >= 15 is 0 Å². The van der Waals surface area contributed by atoms with Gasteiger partial charge < -0.3 is 14.9 Å². The Bertz CT molecular complexity index is 481. The summed E-state index contributed by atoms with van der Waals surface area (Å²) in [7, 11) is 1.07. The van der Waals surface area contributed by atoms with Gasteiger partial charge in [0.25, 0.3) is 6.43 Å². The first-order valence-electron chi connectivity index (χ1n) is 4.09. The van der Waals surface area contributed by atoms with E-state index in [4.69, 9.17) is 0 Å². The minimum Gasteiger partial charge on any atom is -0.465 e. The number of carbonyl (C=O) groups excluding carboxylic acids is 1. The maximum atomic E-state index is 12.7. The highest BCUT2D eigenvalue weighted by molar-refractivity contribution is 14.1. The van der Waals surface area contributed by atoms with Gasteiger partial charge in [0.15, 0.2) is 6.20 Å². The molecule has 0 amide bonds. The van der Waals surface area contributed by atoms with E-state index in [9.17, 15) is 23.7 Å². The van der Waals surface area contributed by atoms with Crippen molar-refractivity contribution in [1.82, 2.24) is 4.98 Å². The highest BCUT2D eigenvalue weighted by Crippen LogP contribution is 2.33. The number of methoxy groups -OCH3 is 1. The maximum Gasteiger partial charge on any atom is 0.373 e. The van der Waals surface area contributed by atoms with Gasteiger partial charge >= 0.3 is 11.8 Å². The standard InChI is InChI=1S/C8H5F2IN2O4/c1-17-8(14)3-2-12-7(13(15)16)4(5(3)11)6(9)10/h2,6H,1H3. The third kappa shape index (κ3) is 2.65. The number of nitro groups is 1. The second-order valence-corrected chi connectivity index (χ2v) is 3.85. The fraction of sp³-hybridized carbons (Fsp3) is 0.250. The van der Waals surface area contributed by atoms with Gasteiger partial charge in [-0.15, -0.1) is 0 Å². The van der Waals surface area contributed by atoms with Gasteiger partial charge in [-0.3, -0.25) is 0 Å². The minimum atomic E-state index is -3.10. The van der Waals surface area contributed by atoms with E-state index in [1.54, 1.807) is 0 Å². The summed E-state index contributed by atoms with van der Waals surface area (Å²) in [5, 5.41) is 10.5. The van der Waals surface area contributed by atoms with Crippen molar-refractivity contribution in [2.45, 2.75) is 6.43 Å². The van der Waals surface area contributed by atoms with E-state index in [0.29, 0.717) is 0 Å². The first-order chi connectivity index (χ1) is 7.90. The van der Waals surface area contributed by atoms with E-state index in [-0.39, 0.29) is 9.13 Å². The Morgan fingerprint density at radius 3 is 2.65 bits per heavy atom. The van der Waals surface area contributed by atoms with Crippen molar-refractivity contribution in [3.63, 3.8) is 0 Å². The molecule has 17 heavy (non-hydrogen) atoms. The molecule has 1 aromatic rings. The highest BCUT2D eigenvalue weighted by Gasteiger charge is 2.30. The number of esters is 1. The van der Waals surface area contributed by atoms with Gasteiger partial charge in [-0.1, -0.05) is 0 Å². The minimum absolute atomic E-state index is 0.228. The Kier molecular flexibility index (Phi) is 4.26. The number of hydrogen-bond donors (Lipinski definition) is 0. The van der Waals surface area contributed by atoms with Crippen molar-refractivity contribution in [1.29, 1.82) is 0 Å². The third-order valence-corrected chi connectivity index (χ3v) is 2.99. The summed E-state index contributed by atoms with van der Waals surface area (Å²) >= 11 is 1.43. The van der Waals surface area contributed by atoms with Gasteiger partial charge in [0, 0.05) is 3.57 Å². The fourth-order valence-electron chi connectivity index (χ4n) is 1.09. The number of carbonyl (C=O) groups is 1. The Hall–Kier alpha value is -1.39. The Balaban J connectivity index is 3.49. The summed E-state index contributed by atoms with van der Waals surface area (Å²) < 4.78 is 29.5. The molecule has 0 bridgehead atoms. The van der Waals surface area contributed by atoms with Crippen LogP contribution >= 0.6 is 22.6 Å². The molecule has 0 fully saturated rings. The van der Waals surface area contributed by atoms with Crippen LogP contribution in [0.3, 0.4) is 0 Å². The molecule has 1 rings (SSSR count). The summed E-state index contributed by atoms with van der Waals surface area (Å²) in [6, 6.07) is 0. The van der Waals surface area contributed by atoms with Gasteiger partial charge in [-0.25, -0.2) is 13.6 Å². The number of halogens is 3. The van der Waals surface area contributed by atoms with Crippen LogP contribution in [0.4, 0.5) is 14.6 Å². The molecule has 0 aliphatic carbocycles. The second kappa shape index (κ2) is 5.29. The van der Waals surface area contributed by atoms with Crippen molar-refractivity contribution in [2.24, 2.45) is 0 Å². The van der Waals surface area contributed by atoms with Gasteiger partial charge in [0.2, 0.25) is 0 Å². The van der Waals surface area contributed by atoms with Crippen molar-refractivity contribution in [3.05, 3.63) is 31.0 Å². The average molecular weight is 358 g/mol. The van der Waals surface area contributed by atoms with Crippen LogP contribution in [0.1, 0.15) is 22.3 Å². The van der Waals surface area contributed by atoms with Crippen LogP contribution in [0.5, 0.6) is 0 Å². The van der Waals surface area contributed by atoms with E-state index < -0.39 is 28.7 Å². The van der Waals surface area contributed by atoms with Crippen LogP contribution in [0.15, 0.2) is 6.20 Å². The van der Waals surface area contributed by atoms with Gasteiger partial charge in [-0.05, 0) is 32.5 Å². The fourth-order valence-corrected chi connectivity index (χ4v) is 1.92. The number of pyridine rings is 1. The lowest BCUT2D eigenvalue weighted by atomic mass is 10.2. The predicted octanol–water partition coefficient (Wildman–Crippen LogP) is 2.32. The van der Waals surface area contributed by atoms with E-state index in [1.807, 2.05) is 0 Å². The van der Waals surface area contributed by atoms with E-state index in [1.165, 1.54) is 22.6 Å². The topological polar surface area (TPSA) is 82.3 Å². The van der Waals surface area contributed by atoms with Crippen molar-refractivity contribution >= 4 is 34.4 Å². The lowest BCUT2D eigenvalue weighted by Gasteiger charge is -2.06. The molecule has 92 valence electrons. The zero-order valence-electron chi connectivity index (χ0n) is 8.32. The van der Waals surface area contributed by atoms with Gasteiger partial charge in [-0.2, -0.15) is 0 Å². The molecular formula is C8H5F2IN2O4. The molecule has 0 aliphatic rings. The van der Waals surface area contributed by atoms with Crippen LogP contribution in [-0.4, -0.2) is 23.0 Å². The summed E-state index contributed by atoms with van der Waals surface area (Å²) in [4.78, 5) is 23.9. The quantitative estimate of drug-likeness (QED) is 0.359. The number of hydrogen-bond acceptors (Lipinski definition) is 5. The van der Waals surface area contributed by atoms with Crippen LogP contribution in [0, 0.1) is 13.7 Å². The zero-order chi connectivity index (χ0) is 13.2. The molecule has 0 aromatic carbocycles. The molecular weight excluding hydrogens is 353 g/mol. The lowest BCUT2D eigenvalue weighted by molar-refractivity contribution is -0.391. The molecule has 1 heterocycles. The van der Waals surface area contributed by atoms with Gasteiger partial charge in [0.05, 0.1) is 7.11 Å². The largest absolute Gasteiger partial charge is 0.465 e. The number of aromatic nitrogens is 1. The number of rotatable bonds is 3. The first kappa shape index (κ1) is 13.7. The monoisotopic (exact) mass is 358 g/mol. The van der Waals surface area contributed by atoms with Crippen molar-refractivity contribution < 1.29 is 23.2 Å². The normalized spacial score (nSPS) is 10.4. The van der Waals surface area contributed by atoms with Crippen LogP contribution in [-0.2, 0) is 4.74 Å². The Morgan fingerprint density at radius 2 is 2.24 bits per heavy atom. The number of ether oxygens (including phenoxy) is 1. The second-order valence-electron chi connectivity index (χ2n) is 2.77. The summed E-state index contributed by atoms with van der Waals surface area (Å²) in [6.45, 7) is 0. The molecule has 0 saturated carbocycles. The molecule has 0 N–H and O–H groups in total. The van der Waals surface area contributed by atoms with Crippen LogP contribution in [0.2, 0.25) is 0 Å². The molecule has 0 atom stereocenters. The van der Waals surface area contributed by atoms with Crippen LogP contribution in [0.25, 0.3) is 0 Å². The number of alkyl halides is 2. The molecule has 9 heteroatoms. The Labute approximate surface area is 107 Å². The molecule has 6 nitrogen and oxygen atoms in total. The molecule has 1 aromatic heterocycles. The maximum absolute atomic E-state index is 12.7. The van der Waals surface area contributed by atoms with Crippen LogP contribution < -0.4 is 0 Å². The smallest absolute Gasteiger partial charge is 0.373 e. The molecule has 0 aliphatic heterocycles. The van der Waals surface area contributed by atoms with Crippen molar-refractivity contribution in [3.8, 4) is 0 Å². The predicted molar refractivity (Wildman–Crippen MR) is 59.9 cm³/mol. The van der Waals surface area contributed by atoms with Crippen molar-refractivity contribution in [2.75, 3.05) is 7.11 Å². The summed E-state index contributed by atoms with van der Waals surface area (Å²) in [5.74, 6) is -1.84. The average Bonchev–Trinajstić information content (AvgIpc) is 2.26. The SMILES string of the molecule is COC(=O)c1cnc([N+](=O)[O-])c(C(F)F)c1I. The Morgan fingerprint density at radius 1 is 1.65 bits per heavy atom. The molecule has 0 saturated heterocycles. The highest BCUT2D eigenvalue weighted by atomic mass is 127. The van der Waals surface area contributed by atoms with E-state index in [0.717, 1.165) is 13.3 Å². The number of nitrogens with zero attached hydrogens (tertiary/aromatic N) is 2. The first-order valence-corrected chi connectivity index (χ1v) is 5.17. The zero-order valence-corrected chi connectivity index (χ0v) is 10.5. The lowest BCUT2D eigenvalue weighted by Crippen LogP contribution is -2.10. The molecule has 0 spiro atoms. The third-order valence-electron chi connectivity index (χ3n) is 1.83.